The average Bonchev–Trinajstić information content (AvgIpc) is 3.99. The number of amides is 6. The smallest absolute Gasteiger partial charge is 0.429 e. The molecule has 0 aromatic heterocycles. The van der Waals surface area contributed by atoms with E-state index in [1.807, 2.05) is 6.92 Å². The zero-order valence-electron chi connectivity index (χ0n) is 45.3. The van der Waals surface area contributed by atoms with E-state index in [4.69, 9.17) is 24.7 Å². The number of nitrogens with one attached hydrogen (secondary N) is 3. The van der Waals surface area contributed by atoms with Crippen molar-refractivity contribution in [3.63, 3.8) is 0 Å². The van der Waals surface area contributed by atoms with Crippen LogP contribution in [0.2, 0.25) is 0 Å². The predicted octanol–water partition coefficient (Wildman–Crippen LogP) is 6.27. The van der Waals surface area contributed by atoms with Gasteiger partial charge in [-0.15, -0.1) is 0 Å². The SMILES string of the molecule is CCCC1O[C@@H]2C[C@H]3[C@@H]4C[C@H](F)C5=CC(=O)C=C[C@]5(C)[C@@]4(F)[C@@H](O)C[C@]3(C)[C@]2(C(=O)COC(=O)OCc2ccc(NC(=O)[C@H](CCCNC(N)=O)CC(=O)[C@@H](NC(=O)CCCCCN3C(=O)CC(SC)C3=O)C(C)C)cc2)O1. The van der Waals surface area contributed by atoms with Crippen LogP contribution in [0, 0.1) is 34.5 Å². The van der Waals surface area contributed by atoms with Gasteiger partial charge in [-0.1, -0.05) is 58.7 Å². The van der Waals surface area contributed by atoms with E-state index in [1.165, 1.54) is 35.7 Å². The second-order valence-electron chi connectivity index (χ2n) is 22.4. The number of rotatable bonds is 25. The van der Waals surface area contributed by atoms with E-state index in [0.29, 0.717) is 49.8 Å². The van der Waals surface area contributed by atoms with Crippen molar-refractivity contribution in [2.75, 3.05) is 31.3 Å². The van der Waals surface area contributed by atoms with Crippen molar-refractivity contribution in [1.82, 2.24) is 15.5 Å². The van der Waals surface area contributed by atoms with Gasteiger partial charge in [0.05, 0.1) is 23.5 Å². The molecule has 2 saturated heterocycles. The standard InChI is InChI=1S/C56H75F2N5O14S/c1-7-12-47-76-44-26-36-37-25-39(57)38-24-35(64)19-20-53(38,4)55(37,58)42(66)28-54(36,5)56(44,77-47)43(67)30-75-52(73)74-29-32-15-17-34(18-16-32)61-49(70)33(13-11-21-60-51(59)72)23-40(65)48(31(2)3)62-45(68)14-9-8-10-22-63-46(69)27-41(78-6)50(63)71/h15-20,24,31,33,36-37,39,41-42,44,47-48,66H,7-14,21-23,25-30H2,1-6H3,(H,61,70)(H,62,68)(H3,59,60,72)/t33-,36+,37+,39+,41?,42+,44-,47?,48+,53+,54+,55+,56-/m1/s1. The van der Waals surface area contributed by atoms with Gasteiger partial charge in [0.2, 0.25) is 29.4 Å². The summed E-state index contributed by atoms with van der Waals surface area (Å²) >= 11 is 1.35. The molecule has 2 unspecified atom stereocenters. The third-order valence-electron chi connectivity index (χ3n) is 17.2. The fourth-order valence-electron chi connectivity index (χ4n) is 13.2. The molecule has 78 heavy (non-hydrogen) atoms. The van der Waals surface area contributed by atoms with Gasteiger partial charge in [-0.3, -0.25) is 38.5 Å². The van der Waals surface area contributed by atoms with Crippen LogP contribution in [-0.2, 0) is 59.1 Å². The number of likely N-dealkylation sites (tertiary alicyclic amines) is 1. The number of ether oxygens (including phenoxy) is 4. The fraction of sp³-hybridized carbons (Fsp3) is 0.661. The first-order valence-corrected chi connectivity index (χ1v) is 28.5. The first-order chi connectivity index (χ1) is 36.9. The number of fused-ring (bicyclic) bond motifs is 7. The molecule has 6 amide bonds. The third kappa shape index (κ3) is 12.0. The molecule has 13 atom stereocenters. The summed E-state index contributed by atoms with van der Waals surface area (Å²) in [6.45, 7) is 8.01. The zero-order valence-corrected chi connectivity index (χ0v) is 46.1. The van der Waals surface area contributed by atoms with Gasteiger partial charge in [0.1, 0.15) is 12.8 Å². The number of benzene rings is 1. The van der Waals surface area contributed by atoms with Gasteiger partial charge in [-0.2, -0.15) is 11.8 Å². The van der Waals surface area contributed by atoms with Crippen LogP contribution in [0.25, 0.3) is 0 Å². The molecule has 4 aliphatic carbocycles. The maximum atomic E-state index is 17.9. The monoisotopic (exact) mass is 1110 g/mol. The number of unbranched alkanes of at least 4 members (excludes halogenated alkanes) is 2. The number of thioether (sulfide) groups is 1. The number of nitrogens with zero attached hydrogens (tertiary/aromatic N) is 1. The van der Waals surface area contributed by atoms with Crippen LogP contribution in [-0.4, -0.2) is 136 Å². The number of aliphatic hydroxyl groups is 1. The number of Topliss-reactive ketones (excluding diaryl/α,β-unsaturated/α-hetero) is 2. The molecule has 0 bridgehead atoms. The second-order valence-corrected chi connectivity index (χ2v) is 23.5. The number of halogens is 2. The van der Waals surface area contributed by atoms with Crippen LogP contribution in [0.4, 0.5) is 24.1 Å². The van der Waals surface area contributed by atoms with Crippen molar-refractivity contribution in [1.29, 1.82) is 0 Å². The molecule has 428 valence electrons. The lowest BCUT2D eigenvalue weighted by atomic mass is 9.44. The Morgan fingerprint density at radius 2 is 1.73 bits per heavy atom. The highest BCUT2D eigenvalue weighted by Gasteiger charge is 2.80. The molecule has 0 radical (unpaired) electrons. The van der Waals surface area contributed by atoms with Crippen molar-refractivity contribution in [2.45, 2.75) is 172 Å². The zero-order chi connectivity index (χ0) is 56.9. The average molecular weight is 1110 g/mol. The molecular weight excluding hydrogens is 1040 g/mol. The van der Waals surface area contributed by atoms with E-state index in [2.05, 4.69) is 16.0 Å². The van der Waals surface area contributed by atoms with Gasteiger partial charge in [0, 0.05) is 60.7 Å². The maximum Gasteiger partial charge on any atom is 0.509 e. The molecule has 0 spiro atoms. The van der Waals surface area contributed by atoms with Crippen LogP contribution in [0.5, 0.6) is 0 Å². The summed E-state index contributed by atoms with van der Waals surface area (Å²) in [5, 5.41) is 19.6. The van der Waals surface area contributed by atoms with Gasteiger partial charge in [-0.25, -0.2) is 18.4 Å². The molecular formula is C56H75F2N5O14S. The van der Waals surface area contributed by atoms with Crippen molar-refractivity contribution >= 4 is 70.6 Å². The Kier molecular flexibility index (Phi) is 19.1. The number of carbonyl (C=O) groups excluding carboxylic acids is 9. The number of allylic oxidation sites excluding steroid dienone is 4. The van der Waals surface area contributed by atoms with E-state index in [1.54, 1.807) is 51.3 Å². The van der Waals surface area contributed by atoms with E-state index in [0.717, 1.165) is 6.08 Å². The molecule has 6 N–H and O–H groups in total. The quantitative estimate of drug-likeness (QED) is 0.0410. The molecule has 7 rings (SSSR count). The van der Waals surface area contributed by atoms with Crippen LogP contribution in [0.15, 0.2) is 48.1 Å². The third-order valence-corrected chi connectivity index (χ3v) is 18.1. The van der Waals surface area contributed by atoms with Crippen molar-refractivity contribution in [3.05, 3.63) is 53.6 Å². The lowest BCUT2D eigenvalue weighted by Crippen LogP contribution is -2.71. The number of aliphatic hydroxyl groups excluding tert-OH is 1. The largest absolute Gasteiger partial charge is 0.509 e. The number of urea groups is 1. The first-order valence-electron chi connectivity index (χ1n) is 27.2. The van der Waals surface area contributed by atoms with E-state index >= 15 is 8.78 Å². The number of nitrogens with two attached hydrogens (primary N) is 1. The topological polar surface area (TPSA) is 276 Å². The maximum absolute atomic E-state index is 17.9. The van der Waals surface area contributed by atoms with E-state index in [9.17, 15) is 48.3 Å². The summed E-state index contributed by atoms with van der Waals surface area (Å²) < 4.78 is 57.6. The first kappa shape index (κ1) is 60.1. The molecule has 1 aromatic rings. The molecule has 1 aromatic carbocycles. The van der Waals surface area contributed by atoms with Gasteiger partial charge in [0.15, 0.2) is 35.7 Å². The minimum Gasteiger partial charge on any atom is -0.429 e. The number of hydrogen-bond donors (Lipinski definition) is 5. The summed E-state index contributed by atoms with van der Waals surface area (Å²) in [7, 11) is 0. The molecule has 19 nitrogen and oxygen atoms in total. The molecule has 3 saturated carbocycles. The van der Waals surface area contributed by atoms with Gasteiger partial charge < -0.3 is 45.7 Å². The van der Waals surface area contributed by atoms with E-state index < -0.39 is 107 Å². The highest BCUT2D eigenvalue weighted by atomic mass is 32.2. The number of alkyl halides is 2. The highest BCUT2D eigenvalue weighted by molar-refractivity contribution is 8.00. The molecule has 2 heterocycles. The predicted molar refractivity (Wildman–Crippen MR) is 281 cm³/mol. The molecule has 6 aliphatic rings. The number of carbonyl (C=O) groups is 9. The Morgan fingerprint density at radius 3 is 2.40 bits per heavy atom. The minimum atomic E-state index is -2.39. The summed E-state index contributed by atoms with van der Waals surface area (Å²) in [5.41, 5.74) is -1.07. The van der Waals surface area contributed by atoms with Gasteiger partial charge in [-0.05, 0) is 112 Å². The number of primary amides is 1. The van der Waals surface area contributed by atoms with Crippen LogP contribution in [0.1, 0.15) is 124 Å². The van der Waals surface area contributed by atoms with Crippen LogP contribution < -0.4 is 21.7 Å². The highest BCUT2D eigenvalue weighted by Crippen LogP contribution is 2.72. The Bertz CT molecular complexity index is 2550. The van der Waals surface area contributed by atoms with Crippen molar-refractivity contribution in [3.8, 4) is 0 Å². The number of imide groups is 1. The number of anilines is 1. The Labute approximate surface area is 457 Å². The Hall–Kier alpha value is -5.58. The van der Waals surface area contributed by atoms with Crippen molar-refractivity contribution < 1.29 is 76.0 Å². The molecule has 5 fully saturated rings. The lowest BCUT2D eigenvalue weighted by Gasteiger charge is -2.63. The molecule has 2 aliphatic heterocycles. The molecule has 22 heteroatoms. The van der Waals surface area contributed by atoms with E-state index in [-0.39, 0.29) is 105 Å². The Morgan fingerprint density at radius 1 is 1.00 bits per heavy atom. The minimum absolute atomic E-state index is 0.0228. The normalized spacial score (nSPS) is 31.6. The van der Waals surface area contributed by atoms with Crippen LogP contribution in [0.3, 0.4) is 0 Å². The van der Waals surface area contributed by atoms with Gasteiger partial charge in [0.25, 0.3) is 0 Å². The summed E-state index contributed by atoms with van der Waals surface area (Å²) in [6, 6.07) is 4.64. The Balaban J connectivity index is 0.923. The summed E-state index contributed by atoms with van der Waals surface area (Å²) in [6.07, 6.45) is 1.90. The number of hydrogen-bond acceptors (Lipinski definition) is 15. The number of ketones is 3. The van der Waals surface area contributed by atoms with Crippen LogP contribution >= 0.6 is 11.8 Å². The fourth-order valence-corrected chi connectivity index (χ4v) is 13.8. The summed E-state index contributed by atoms with van der Waals surface area (Å²) in [5.74, 6) is -5.71. The summed E-state index contributed by atoms with van der Waals surface area (Å²) in [4.78, 5) is 118. The van der Waals surface area contributed by atoms with Gasteiger partial charge >= 0.3 is 12.2 Å². The second kappa shape index (κ2) is 24.8. The van der Waals surface area contributed by atoms with Crippen molar-refractivity contribution in [2.24, 2.45) is 40.2 Å². The lowest BCUT2D eigenvalue weighted by molar-refractivity contribution is -0.234.